The van der Waals surface area contributed by atoms with E-state index in [1.807, 2.05) is 0 Å². The maximum atomic E-state index is 14.5. The number of aromatic nitrogens is 4. The quantitative estimate of drug-likeness (QED) is 0.422. The molecular formula is C26H23F2N7O2. The Morgan fingerprint density at radius 1 is 1.05 bits per heavy atom. The van der Waals surface area contributed by atoms with Gasteiger partial charge in [0.1, 0.15) is 11.6 Å². The minimum Gasteiger partial charge on any atom is -0.478 e. The molecular weight excluding hydrogens is 480 g/mol. The molecule has 4 N–H and O–H groups in total. The second kappa shape index (κ2) is 9.41. The van der Waals surface area contributed by atoms with Crippen molar-refractivity contribution in [3.8, 4) is 17.1 Å². The highest BCUT2D eigenvalue weighted by atomic mass is 19.1. The van der Waals surface area contributed by atoms with Crippen LogP contribution in [0.3, 0.4) is 0 Å². The van der Waals surface area contributed by atoms with Gasteiger partial charge in [-0.25, -0.2) is 28.7 Å². The Labute approximate surface area is 211 Å². The number of aryl methyl sites for hydroxylation is 1. The molecule has 0 bridgehead atoms. The van der Waals surface area contributed by atoms with Crippen molar-refractivity contribution < 1.29 is 18.3 Å². The van der Waals surface area contributed by atoms with Crippen LogP contribution in [0.4, 0.5) is 20.5 Å². The fourth-order valence-corrected chi connectivity index (χ4v) is 4.61. The van der Waals surface area contributed by atoms with Crippen molar-refractivity contribution in [3.63, 3.8) is 0 Å². The third-order valence-electron chi connectivity index (χ3n) is 6.30. The number of anilines is 2. The Kier molecular flexibility index (Phi) is 6.12. The molecule has 0 saturated heterocycles. The Hall–Kier alpha value is -4.67. The molecule has 1 aliphatic heterocycles. The third kappa shape index (κ3) is 4.51. The van der Waals surface area contributed by atoms with E-state index in [4.69, 9.17) is 16.2 Å². The number of carbonyl (C=O) groups excluding carboxylic acids is 1. The van der Waals surface area contributed by atoms with Crippen molar-refractivity contribution in [1.82, 2.24) is 24.8 Å². The van der Waals surface area contributed by atoms with Crippen LogP contribution in [0.5, 0.6) is 5.88 Å². The monoisotopic (exact) mass is 503 g/mol. The SMILES string of the molecule is COc1nc(-c2cc(F)ccc2C2Cc3nc(N)nc(C)c3C(=O)N2Cc2ccc(F)cc2)cnc1N. The average molecular weight is 504 g/mol. The number of halogens is 2. The molecule has 0 radical (unpaired) electrons. The van der Waals surface area contributed by atoms with Crippen LogP contribution in [0, 0.1) is 18.6 Å². The predicted octanol–water partition coefficient (Wildman–Crippen LogP) is 3.63. The first-order valence-corrected chi connectivity index (χ1v) is 11.4. The van der Waals surface area contributed by atoms with Gasteiger partial charge in [-0.1, -0.05) is 18.2 Å². The second-order valence-corrected chi connectivity index (χ2v) is 8.65. The molecule has 9 nitrogen and oxygen atoms in total. The van der Waals surface area contributed by atoms with Gasteiger partial charge in [0, 0.05) is 18.5 Å². The van der Waals surface area contributed by atoms with Crippen molar-refractivity contribution in [2.24, 2.45) is 0 Å². The number of hydrogen-bond acceptors (Lipinski definition) is 8. The van der Waals surface area contributed by atoms with E-state index in [0.717, 1.165) is 5.56 Å². The third-order valence-corrected chi connectivity index (χ3v) is 6.30. The summed E-state index contributed by atoms with van der Waals surface area (Å²) in [5.41, 5.74) is 15.1. The number of fused-ring (bicyclic) bond motifs is 1. The fraction of sp³-hybridized carbons (Fsp3) is 0.192. The molecule has 2 aromatic carbocycles. The molecule has 0 aliphatic carbocycles. The normalized spacial score (nSPS) is 15.0. The van der Waals surface area contributed by atoms with Gasteiger partial charge in [0.25, 0.3) is 11.8 Å². The van der Waals surface area contributed by atoms with Gasteiger partial charge in [0.15, 0.2) is 5.82 Å². The van der Waals surface area contributed by atoms with E-state index < -0.39 is 11.9 Å². The van der Waals surface area contributed by atoms with Gasteiger partial charge in [-0.3, -0.25) is 4.79 Å². The smallest absolute Gasteiger partial charge is 0.258 e. The maximum Gasteiger partial charge on any atom is 0.258 e. The van der Waals surface area contributed by atoms with E-state index >= 15 is 0 Å². The Morgan fingerprint density at radius 3 is 2.51 bits per heavy atom. The Balaban J connectivity index is 1.68. The molecule has 4 aromatic rings. The Morgan fingerprint density at radius 2 is 1.78 bits per heavy atom. The lowest BCUT2D eigenvalue weighted by molar-refractivity contribution is 0.0624. The molecule has 1 amide bonds. The summed E-state index contributed by atoms with van der Waals surface area (Å²) in [6.45, 7) is 1.87. The van der Waals surface area contributed by atoms with Crippen LogP contribution < -0.4 is 16.2 Å². The fourth-order valence-electron chi connectivity index (χ4n) is 4.61. The van der Waals surface area contributed by atoms with Gasteiger partial charge in [-0.2, -0.15) is 0 Å². The summed E-state index contributed by atoms with van der Waals surface area (Å²) in [4.78, 5) is 32.5. The van der Waals surface area contributed by atoms with E-state index in [-0.39, 0.29) is 42.3 Å². The van der Waals surface area contributed by atoms with Crippen molar-refractivity contribution >= 4 is 17.7 Å². The zero-order chi connectivity index (χ0) is 26.3. The predicted molar refractivity (Wildman–Crippen MR) is 132 cm³/mol. The summed E-state index contributed by atoms with van der Waals surface area (Å²) in [5, 5.41) is 0. The topological polar surface area (TPSA) is 133 Å². The van der Waals surface area contributed by atoms with Crippen LogP contribution in [0.25, 0.3) is 11.3 Å². The van der Waals surface area contributed by atoms with E-state index in [2.05, 4.69) is 19.9 Å². The van der Waals surface area contributed by atoms with Gasteiger partial charge < -0.3 is 21.1 Å². The van der Waals surface area contributed by atoms with Gasteiger partial charge >= 0.3 is 0 Å². The number of nitrogens with two attached hydrogens (primary N) is 2. The number of ether oxygens (including phenoxy) is 1. The lowest BCUT2D eigenvalue weighted by Crippen LogP contribution is -2.41. The lowest BCUT2D eigenvalue weighted by Gasteiger charge is -2.38. The highest BCUT2D eigenvalue weighted by Gasteiger charge is 2.37. The molecule has 1 aliphatic rings. The van der Waals surface area contributed by atoms with Crippen molar-refractivity contribution in [2.75, 3.05) is 18.6 Å². The van der Waals surface area contributed by atoms with Crippen molar-refractivity contribution in [2.45, 2.75) is 25.9 Å². The summed E-state index contributed by atoms with van der Waals surface area (Å²) in [6.07, 6.45) is 1.71. The number of benzene rings is 2. The second-order valence-electron chi connectivity index (χ2n) is 8.65. The molecule has 0 saturated carbocycles. The van der Waals surface area contributed by atoms with Crippen LogP contribution >= 0.6 is 0 Å². The summed E-state index contributed by atoms with van der Waals surface area (Å²) in [5.74, 6) is -0.949. The number of hydrogen-bond donors (Lipinski definition) is 2. The van der Waals surface area contributed by atoms with E-state index in [1.165, 1.54) is 37.6 Å². The average Bonchev–Trinajstić information content (AvgIpc) is 2.86. The Bertz CT molecular complexity index is 1510. The highest BCUT2D eigenvalue weighted by molar-refractivity contribution is 5.98. The summed E-state index contributed by atoms with van der Waals surface area (Å²) >= 11 is 0. The van der Waals surface area contributed by atoms with Crippen LogP contribution in [0.1, 0.15) is 38.9 Å². The number of nitrogens with zero attached hydrogens (tertiary/aromatic N) is 5. The molecule has 0 spiro atoms. The first kappa shape index (κ1) is 24.0. The van der Waals surface area contributed by atoms with Gasteiger partial charge in [0.05, 0.1) is 42.0 Å². The summed E-state index contributed by atoms with van der Waals surface area (Å²) in [6, 6.07) is 9.56. The highest BCUT2D eigenvalue weighted by Crippen LogP contribution is 2.39. The van der Waals surface area contributed by atoms with Crippen molar-refractivity contribution in [3.05, 3.63) is 88.4 Å². The number of methoxy groups -OCH3 is 1. The molecule has 1 atom stereocenters. The molecule has 188 valence electrons. The summed E-state index contributed by atoms with van der Waals surface area (Å²) in [7, 11) is 1.41. The van der Waals surface area contributed by atoms with E-state index in [1.54, 1.807) is 30.0 Å². The van der Waals surface area contributed by atoms with Crippen LogP contribution in [0.15, 0.2) is 48.7 Å². The maximum absolute atomic E-state index is 14.5. The molecule has 0 fully saturated rings. The van der Waals surface area contributed by atoms with E-state index in [0.29, 0.717) is 33.8 Å². The molecule has 11 heteroatoms. The molecule has 5 rings (SSSR count). The zero-order valence-corrected chi connectivity index (χ0v) is 20.1. The first-order chi connectivity index (χ1) is 17.7. The standard InChI is InChI=1S/C26H23F2N7O2/c1-13-22-19(34-26(30)32-13)10-21(35(25(22)36)12-14-3-5-15(27)6-4-14)17-8-7-16(28)9-18(17)20-11-31-23(29)24(33-20)37-2/h3-9,11,21H,10,12H2,1-2H3,(H2,29,31)(H2,30,32,34). The molecule has 2 aromatic heterocycles. The first-order valence-electron chi connectivity index (χ1n) is 11.4. The number of nitrogen functional groups attached to an aromatic ring is 2. The van der Waals surface area contributed by atoms with Gasteiger partial charge in [-0.05, 0) is 42.3 Å². The van der Waals surface area contributed by atoms with Gasteiger partial charge in [-0.15, -0.1) is 0 Å². The van der Waals surface area contributed by atoms with E-state index in [9.17, 15) is 13.6 Å². The van der Waals surface area contributed by atoms with Crippen LogP contribution in [-0.4, -0.2) is 37.9 Å². The molecule has 3 heterocycles. The zero-order valence-electron chi connectivity index (χ0n) is 20.1. The van der Waals surface area contributed by atoms with Crippen LogP contribution in [-0.2, 0) is 13.0 Å². The lowest BCUT2D eigenvalue weighted by atomic mass is 9.88. The minimum absolute atomic E-state index is 0.0586. The minimum atomic E-state index is -0.584. The summed E-state index contributed by atoms with van der Waals surface area (Å²) < 4.78 is 33.3. The number of carbonyl (C=O) groups is 1. The van der Waals surface area contributed by atoms with Crippen LogP contribution in [0.2, 0.25) is 0 Å². The molecule has 1 unspecified atom stereocenters. The molecule has 37 heavy (non-hydrogen) atoms. The number of rotatable bonds is 5. The largest absolute Gasteiger partial charge is 0.478 e. The van der Waals surface area contributed by atoms with Crippen molar-refractivity contribution in [1.29, 1.82) is 0 Å². The number of amides is 1. The van der Waals surface area contributed by atoms with Gasteiger partial charge in [0.2, 0.25) is 5.95 Å².